The van der Waals surface area contributed by atoms with Gasteiger partial charge >= 0.3 is 0 Å². The fraction of sp³-hybridized carbons (Fsp3) is 0.705. The number of aliphatic hydroxyl groups is 6. The van der Waals surface area contributed by atoms with Crippen molar-refractivity contribution in [2.45, 2.75) is 184 Å². The number of aliphatic hydroxyl groups excluding tert-OH is 6. The zero-order valence-electron chi connectivity index (χ0n) is 36.6. The third-order valence-corrected chi connectivity index (χ3v) is 13.1. The number of hydrogen-bond acceptors (Lipinski definition) is 20. The van der Waals surface area contributed by atoms with E-state index in [2.05, 4.69) is 0 Å². The molecule has 8 N–H and O–H groups in total. The molecule has 20 heteroatoms. The van der Waals surface area contributed by atoms with Crippen molar-refractivity contribution in [3.05, 3.63) is 28.8 Å². The summed E-state index contributed by atoms with van der Waals surface area (Å²) in [5.74, 6) is -4.62. The quantitative estimate of drug-likeness (QED) is 0.133. The Morgan fingerprint density at radius 2 is 1.17 bits per heavy atom. The lowest BCUT2D eigenvalue weighted by atomic mass is 9.75. The van der Waals surface area contributed by atoms with Crippen LogP contribution >= 0.6 is 0 Å². The van der Waals surface area contributed by atoms with Gasteiger partial charge in [0, 0.05) is 51.2 Å². The average Bonchev–Trinajstić information content (AvgIpc) is 3.22. The second kappa shape index (κ2) is 19.4. The van der Waals surface area contributed by atoms with Gasteiger partial charge in [-0.25, -0.2) is 0 Å². The highest BCUT2D eigenvalue weighted by Gasteiger charge is 2.50. The Kier molecular flexibility index (Phi) is 14.7. The minimum atomic E-state index is -1.57. The van der Waals surface area contributed by atoms with E-state index in [-0.39, 0.29) is 65.3 Å². The molecule has 0 amide bonds. The molecule has 1 aliphatic carbocycles. The average molecular weight is 909 g/mol. The van der Waals surface area contributed by atoms with Crippen molar-refractivity contribution < 1.29 is 97.9 Å². The molecular weight excluding hydrogens is 848 g/mol. The summed E-state index contributed by atoms with van der Waals surface area (Å²) in [6.07, 6.45) is -19.6. The summed E-state index contributed by atoms with van der Waals surface area (Å²) in [7, 11) is 1.21. The van der Waals surface area contributed by atoms with Crippen LogP contribution in [0.3, 0.4) is 0 Å². The number of phenolic OH excluding ortho intramolecular Hbond substituents is 2. The van der Waals surface area contributed by atoms with Crippen LogP contribution in [-0.2, 0) is 53.9 Å². The van der Waals surface area contributed by atoms with E-state index in [0.29, 0.717) is 0 Å². The maximum Gasteiger partial charge on any atom is 0.227 e. The standard InChI is InChI=1S/C44H60O20/c1-15-26(61-31-13-27(39(52)19(5)59-31)62-29-11-24(46)37(50)17(3)57-29)10-22-8-21-9-23(43(56-7)36(49)16(2)45)44(42(55)34(21)41(54)33(22)35(15)48)64-32-14-28(40(53)20(6)60-32)63-30-12-25(47)38(51)18(4)58-30/h8,10,17-20,23-25,27-32,37-40,43-44,46-48,50-54H,9,11-14H2,1-7H3/t17?,18?,19?,20?,23-,24+,25+,27?,28?,29-,30-,31-,32-,37+,38-,39+,40+,43-,44-/m0/s1. The van der Waals surface area contributed by atoms with Gasteiger partial charge in [-0.05, 0) is 64.1 Å². The second-order valence-corrected chi connectivity index (χ2v) is 17.7. The van der Waals surface area contributed by atoms with E-state index in [1.807, 2.05) is 0 Å². The van der Waals surface area contributed by atoms with Gasteiger partial charge < -0.3 is 83.5 Å². The summed E-state index contributed by atoms with van der Waals surface area (Å²) >= 11 is 0. The van der Waals surface area contributed by atoms with E-state index in [1.165, 1.54) is 20.1 Å². The molecule has 0 saturated carbocycles. The van der Waals surface area contributed by atoms with Crippen molar-refractivity contribution in [1.29, 1.82) is 0 Å². The number of carbonyl (C=O) groups excluding carboxylic acids is 3. The Hall–Kier alpha value is -3.45. The van der Waals surface area contributed by atoms with Crippen LogP contribution in [0, 0.1) is 12.8 Å². The first-order valence-corrected chi connectivity index (χ1v) is 21.6. The lowest BCUT2D eigenvalue weighted by Gasteiger charge is -2.43. The van der Waals surface area contributed by atoms with Crippen molar-refractivity contribution in [3.63, 3.8) is 0 Å². The number of benzene rings is 2. The molecule has 19 atom stereocenters. The van der Waals surface area contributed by atoms with E-state index in [9.17, 15) is 55.2 Å². The molecule has 20 nitrogen and oxygen atoms in total. The summed E-state index contributed by atoms with van der Waals surface area (Å²) in [6, 6.07) is 3.07. The lowest BCUT2D eigenvalue weighted by molar-refractivity contribution is -0.311. The number of rotatable bonds is 12. The highest BCUT2D eigenvalue weighted by atomic mass is 16.7. The van der Waals surface area contributed by atoms with Crippen LogP contribution in [0.1, 0.15) is 81.8 Å². The van der Waals surface area contributed by atoms with Crippen molar-refractivity contribution in [2.24, 2.45) is 5.92 Å². The number of ketones is 3. The predicted molar refractivity (Wildman–Crippen MR) is 217 cm³/mol. The lowest BCUT2D eigenvalue weighted by Crippen LogP contribution is -2.55. The van der Waals surface area contributed by atoms with Crippen LogP contribution in [-0.4, -0.2) is 176 Å². The summed E-state index contributed by atoms with van der Waals surface area (Å²) in [6.45, 7) is 8.92. The Morgan fingerprint density at radius 3 is 1.67 bits per heavy atom. The molecule has 0 radical (unpaired) electrons. The Labute approximate surface area is 368 Å². The van der Waals surface area contributed by atoms with Crippen LogP contribution in [0.25, 0.3) is 10.8 Å². The largest absolute Gasteiger partial charge is 0.507 e. The Morgan fingerprint density at radius 1 is 0.688 bits per heavy atom. The minimum absolute atomic E-state index is 0.0115. The molecule has 4 heterocycles. The first-order chi connectivity index (χ1) is 30.2. The monoisotopic (exact) mass is 908 g/mol. The molecule has 2 aromatic rings. The van der Waals surface area contributed by atoms with Crippen LogP contribution in [0.15, 0.2) is 12.1 Å². The smallest absolute Gasteiger partial charge is 0.227 e. The fourth-order valence-electron chi connectivity index (χ4n) is 9.39. The van der Waals surface area contributed by atoms with Crippen molar-refractivity contribution in [2.75, 3.05) is 7.11 Å². The number of fused-ring (bicyclic) bond motifs is 2. The molecule has 6 unspecified atom stereocenters. The maximum atomic E-state index is 14.7. The number of phenols is 2. The molecule has 4 aliphatic heterocycles. The highest BCUT2D eigenvalue weighted by molar-refractivity contribution is 6.38. The van der Waals surface area contributed by atoms with Gasteiger partial charge in [-0.3, -0.25) is 14.4 Å². The first kappa shape index (κ1) is 48.5. The van der Waals surface area contributed by atoms with Gasteiger partial charge in [0.2, 0.25) is 12.1 Å². The zero-order valence-corrected chi connectivity index (χ0v) is 36.6. The number of aromatic hydroxyl groups is 2. The molecule has 5 aliphatic rings. The molecule has 7 rings (SSSR count). The van der Waals surface area contributed by atoms with Gasteiger partial charge in [-0.2, -0.15) is 0 Å². The number of ether oxygens (including phenoxy) is 9. The van der Waals surface area contributed by atoms with Crippen molar-refractivity contribution in [1.82, 2.24) is 0 Å². The SMILES string of the molecule is CO[C@H](C(=O)C(C)=O)[C@@H]1Cc2cc3cc(O[C@H]4CC(O[C@H]5C[C@@H](O)[C@H](O)C(C)O5)[C@H](O)C(C)O4)c(C)c(O)c3c(O)c2C(=O)[C@H]1O[C@H]1CC(O[C@H]2C[C@@H](O)[C@@H](O)C(C)O2)[C@H](O)C(C)O1. The molecule has 4 fully saturated rings. The molecule has 0 spiro atoms. The molecule has 2 aromatic carbocycles. The van der Waals surface area contributed by atoms with Gasteiger partial charge in [-0.1, -0.05) is 0 Å². The summed E-state index contributed by atoms with van der Waals surface area (Å²) < 4.78 is 53.6. The number of Topliss-reactive ketones (excluding diaryl/α,β-unsaturated/α-hetero) is 3. The van der Waals surface area contributed by atoms with E-state index in [1.54, 1.807) is 33.8 Å². The number of methoxy groups -OCH3 is 1. The molecule has 0 aromatic heterocycles. The molecule has 0 bridgehead atoms. The van der Waals surface area contributed by atoms with Crippen LogP contribution < -0.4 is 4.74 Å². The third kappa shape index (κ3) is 9.54. The van der Waals surface area contributed by atoms with Gasteiger partial charge in [0.25, 0.3) is 0 Å². The summed E-state index contributed by atoms with van der Waals surface area (Å²) in [5, 5.41) is 86.5. The molecule has 356 valence electrons. The summed E-state index contributed by atoms with van der Waals surface area (Å²) in [5.41, 5.74) is 0.183. The minimum Gasteiger partial charge on any atom is -0.507 e. The van der Waals surface area contributed by atoms with E-state index in [0.717, 1.165) is 6.92 Å². The second-order valence-electron chi connectivity index (χ2n) is 17.7. The van der Waals surface area contributed by atoms with Crippen molar-refractivity contribution in [3.8, 4) is 17.2 Å². The van der Waals surface area contributed by atoms with E-state index < -0.39 is 145 Å². The third-order valence-electron chi connectivity index (χ3n) is 13.1. The number of hydrogen-bond donors (Lipinski definition) is 8. The Bertz CT molecular complexity index is 2020. The van der Waals surface area contributed by atoms with Gasteiger partial charge in [0.05, 0.1) is 59.8 Å². The van der Waals surface area contributed by atoms with Gasteiger partial charge in [0.1, 0.15) is 53.9 Å². The molecule has 4 saturated heterocycles. The number of carbonyl (C=O) groups is 3. The van der Waals surface area contributed by atoms with Gasteiger partial charge in [-0.15, -0.1) is 0 Å². The van der Waals surface area contributed by atoms with E-state index in [4.69, 9.17) is 42.6 Å². The molecule has 64 heavy (non-hydrogen) atoms. The van der Waals surface area contributed by atoms with Gasteiger partial charge in [0.15, 0.2) is 30.4 Å². The van der Waals surface area contributed by atoms with Crippen LogP contribution in [0.4, 0.5) is 0 Å². The van der Waals surface area contributed by atoms with Crippen LogP contribution in [0.5, 0.6) is 17.2 Å². The van der Waals surface area contributed by atoms with Crippen molar-refractivity contribution >= 4 is 28.1 Å². The summed E-state index contributed by atoms with van der Waals surface area (Å²) in [4.78, 5) is 40.5. The van der Waals surface area contributed by atoms with Crippen LogP contribution in [0.2, 0.25) is 0 Å². The van der Waals surface area contributed by atoms with E-state index >= 15 is 0 Å². The topological polar surface area (TPSA) is 296 Å². The normalized spacial score (nSPS) is 39.9. The zero-order chi connectivity index (χ0) is 46.6. The maximum absolute atomic E-state index is 14.7. The first-order valence-electron chi connectivity index (χ1n) is 21.6. The predicted octanol–water partition coefficient (Wildman–Crippen LogP) is 0.327. The Balaban J connectivity index is 1.16. The highest BCUT2D eigenvalue weighted by Crippen LogP contribution is 2.47. The fourth-order valence-corrected chi connectivity index (χ4v) is 9.39. The molecular formula is C44H60O20.